The van der Waals surface area contributed by atoms with Gasteiger partial charge < -0.3 is 16.2 Å². The third kappa shape index (κ3) is 2.37. The number of nitrogens with one attached hydrogen (secondary N) is 1. The van der Waals surface area contributed by atoms with E-state index in [1.807, 2.05) is 6.92 Å². The number of hydrogen-bond acceptors (Lipinski definition) is 3. The first-order valence-electron chi connectivity index (χ1n) is 7.37. The fourth-order valence-electron chi connectivity index (χ4n) is 3.91. The number of nitrogen functional groups attached to an aromatic ring is 1. The number of aryl methyl sites for hydroxylation is 1. The summed E-state index contributed by atoms with van der Waals surface area (Å²) in [6, 6.07) is 4.89. The molecule has 0 aliphatic heterocycles. The molecular weight excluding hydrogens is 268 g/mol. The zero-order chi connectivity index (χ0) is 15.1. The van der Waals surface area contributed by atoms with Crippen LogP contribution in [0.1, 0.15) is 35.2 Å². The Morgan fingerprint density at radius 2 is 2.00 bits per heavy atom. The lowest BCUT2D eigenvalue weighted by Crippen LogP contribution is -2.46. The van der Waals surface area contributed by atoms with Gasteiger partial charge in [-0.2, -0.15) is 0 Å². The molecule has 1 aromatic rings. The van der Waals surface area contributed by atoms with Crippen LogP contribution in [0.4, 0.5) is 5.69 Å². The van der Waals surface area contributed by atoms with Crippen molar-refractivity contribution in [3.05, 3.63) is 29.3 Å². The van der Waals surface area contributed by atoms with Crippen LogP contribution in [0.5, 0.6) is 0 Å². The van der Waals surface area contributed by atoms with Crippen molar-refractivity contribution in [1.29, 1.82) is 0 Å². The van der Waals surface area contributed by atoms with Gasteiger partial charge in [0.25, 0.3) is 5.91 Å². The van der Waals surface area contributed by atoms with E-state index >= 15 is 0 Å². The Morgan fingerprint density at radius 1 is 1.29 bits per heavy atom. The van der Waals surface area contributed by atoms with E-state index in [4.69, 9.17) is 5.73 Å². The van der Waals surface area contributed by atoms with Crippen molar-refractivity contribution in [2.24, 2.45) is 17.8 Å². The number of nitrogens with two attached hydrogens (primary N) is 1. The van der Waals surface area contributed by atoms with Crippen molar-refractivity contribution < 1.29 is 14.7 Å². The zero-order valence-corrected chi connectivity index (χ0v) is 12.0. The van der Waals surface area contributed by atoms with Crippen molar-refractivity contribution in [1.82, 2.24) is 5.32 Å². The highest BCUT2D eigenvalue weighted by Crippen LogP contribution is 2.48. The number of carbonyl (C=O) groups excluding carboxylic acids is 1. The molecule has 0 saturated heterocycles. The van der Waals surface area contributed by atoms with Gasteiger partial charge in [0.05, 0.1) is 5.92 Å². The number of carboxylic acid groups (broad SMARTS) is 1. The predicted octanol–water partition coefficient (Wildman–Crippen LogP) is 1.81. The van der Waals surface area contributed by atoms with E-state index in [9.17, 15) is 14.7 Å². The number of hydrogen-bond donors (Lipinski definition) is 3. The molecule has 5 nitrogen and oxygen atoms in total. The summed E-state index contributed by atoms with van der Waals surface area (Å²) in [6.07, 6.45) is 2.90. The van der Waals surface area contributed by atoms with Gasteiger partial charge in [0.1, 0.15) is 0 Å². The molecule has 0 heterocycles. The Hall–Kier alpha value is -2.04. The second kappa shape index (κ2) is 5.06. The van der Waals surface area contributed by atoms with Crippen LogP contribution in [0.3, 0.4) is 0 Å². The van der Waals surface area contributed by atoms with Gasteiger partial charge in [-0.05, 0) is 61.8 Å². The molecule has 2 bridgehead atoms. The average molecular weight is 288 g/mol. The summed E-state index contributed by atoms with van der Waals surface area (Å²) in [5.41, 5.74) is 7.79. The second-order valence-electron chi connectivity index (χ2n) is 6.27. The monoisotopic (exact) mass is 288 g/mol. The van der Waals surface area contributed by atoms with E-state index in [0.717, 1.165) is 24.8 Å². The highest BCUT2D eigenvalue weighted by molar-refractivity contribution is 5.95. The Kier molecular flexibility index (Phi) is 3.35. The Morgan fingerprint density at radius 3 is 2.67 bits per heavy atom. The first-order valence-corrected chi connectivity index (χ1v) is 7.37. The molecule has 2 fully saturated rings. The minimum Gasteiger partial charge on any atom is -0.481 e. The molecular formula is C16H20N2O3. The fourth-order valence-corrected chi connectivity index (χ4v) is 3.91. The van der Waals surface area contributed by atoms with Crippen LogP contribution in [0.2, 0.25) is 0 Å². The second-order valence-corrected chi connectivity index (χ2v) is 6.27. The summed E-state index contributed by atoms with van der Waals surface area (Å²) < 4.78 is 0. The number of carbonyl (C=O) groups is 2. The standard InChI is InChI=1S/C16H20N2O3/c1-8-6-11(4-5-12(8)17)15(19)18-14-10-3-2-9(7-10)13(14)16(20)21/h4-6,9-10,13-14H,2-3,7,17H2,1H3,(H,18,19)(H,20,21). The molecule has 5 heteroatoms. The van der Waals surface area contributed by atoms with Gasteiger partial charge in [0, 0.05) is 17.3 Å². The van der Waals surface area contributed by atoms with Crippen molar-refractivity contribution in [3.8, 4) is 0 Å². The minimum absolute atomic E-state index is 0.207. The molecule has 0 spiro atoms. The van der Waals surface area contributed by atoms with Gasteiger partial charge in [-0.3, -0.25) is 9.59 Å². The van der Waals surface area contributed by atoms with Crippen molar-refractivity contribution in [2.75, 3.05) is 5.73 Å². The zero-order valence-electron chi connectivity index (χ0n) is 12.0. The van der Waals surface area contributed by atoms with E-state index in [1.165, 1.54) is 0 Å². The highest BCUT2D eigenvalue weighted by atomic mass is 16.4. The van der Waals surface area contributed by atoms with Gasteiger partial charge in [-0.25, -0.2) is 0 Å². The Labute approximate surface area is 123 Å². The lowest BCUT2D eigenvalue weighted by molar-refractivity contribution is -0.144. The molecule has 2 aliphatic carbocycles. The van der Waals surface area contributed by atoms with E-state index in [1.54, 1.807) is 18.2 Å². The van der Waals surface area contributed by atoms with Crippen molar-refractivity contribution >= 4 is 17.6 Å². The van der Waals surface area contributed by atoms with Crippen LogP contribution >= 0.6 is 0 Å². The highest BCUT2D eigenvalue weighted by Gasteiger charge is 2.51. The summed E-state index contributed by atoms with van der Waals surface area (Å²) in [5.74, 6) is -0.925. The SMILES string of the molecule is Cc1cc(C(=O)NC2C3CCC(C3)C2C(=O)O)ccc1N. The maximum atomic E-state index is 12.4. The number of fused-ring (bicyclic) bond motifs is 2. The van der Waals surface area contributed by atoms with Gasteiger partial charge in [-0.1, -0.05) is 0 Å². The van der Waals surface area contributed by atoms with Crippen LogP contribution in [-0.2, 0) is 4.79 Å². The van der Waals surface area contributed by atoms with Crippen molar-refractivity contribution in [3.63, 3.8) is 0 Å². The van der Waals surface area contributed by atoms with Crippen LogP contribution in [0, 0.1) is 24.7 Å². The van der Waals surface area contributed by atoms with E-state index in [2.05, 4.69) is 5.32 Å². The number of carboxylic acids is 1. The fraction of sp³-hybridized carbons (Fsp3) is 0.500. The van der Waals surface area contributed by atoms with Crippen LogP contribution < -0.4 is 11.1 Å². The van der Waals surface area contributed by atoms with Gasteiger partial charge in [-0.15, -0.1) is 0 Å². The third-order valence-electron chi connectivity index (χ3n) is 5.03. The number of aliphatic carboxylic acids is 1. The summed E-state index contributed by atoms with van der Waals surface area (Å²) in [6.45, 7) is 1.85. The van der Waals surface area contributed by atoms with Crippen LogP contribution in [0.15, 0.2) is 18.2 Å². The number of rotatable bonds is 3. The van der Waals surface area contributed by atoms with Gasteiger partial charge in [0.15, 0.2) is 0 Å². The molecule has 2 aliphatic rings. The third-order valence-corrected chi connectivity index (χ3v) is 5.03. The molecule has 1 aromatic carbocycles. The maximum Gasteiger partial charge on any atom is 0.308 e. The molecule has 2 saturated carbocycles. The quantitative estimate of drug-likeness (QED) is 0.739. The van der Waals surface area contributed by atoms with E-state index in [0.29, 0.717) is 17.2 Å². The first-order chi connectivity index (χ1) is 9.97. The molecule has 3 rings (SSSR count). The van der Waals surface area contributed by atoms with Crippen molar-refractivity contribution in [2.45, 2.75) is 32.2 Å². The summed E-state index contributed by atoms with van der Waals surface area (Å²) in [4.78, 5) is 23.8. The normalized spacial score (nSPS) is 30.3. The van der Waals surface area contributed by atoms with Crippen LogP contribution in [0.25, 0.3) is 0 Å². The van der Waals surface area contributed by atoms with Crippen LogP contribution in [-0.4, -0.2) is 23.0 Å². The first kappa shape index (κ1) is 13.9. The van der Waals surface area contributed by atoms with Gasteiger partial charge >= 0.3 is 5.97 Å². The van der Waals surface area contributed by atoms with E-state index < -0.39 is 11.9 Å². The summed E-state index contributed by atoms with van der Waals surface area (Å²) >= 11 is 0. The predicted molar refractivity (Wildman–Crippen MR) is 78.8 cm³/mol. The average Bonchev–Trinajstić information content (AvgIpc) is 3.02. The molecule has 112 valence electrons. The molecule has 4 atom stereocenters. The number of amides is 1. The lowest BCUT2D eigenvalue weighted by atomic mass is 9.84. The molecule has 4 N–H and O–H groups in total. The van der Waals surface area contributed by atoms with E-state index in [-0.39, 0.29) is 17.9 Å². The molecule has 0 radical (unpaired) electrons. The smallest absolute Gasteiger partial charge is 0.308 e. The summed E-state index contributed by atoms with van der Waals surface area (Å²) in [5, 5.41) is 12.3. The topological polar surface area (TPSA) is 92.4 Å². The summed E-state index contributed by atoms with van der Waals surface area (Å²) in [7, 11) is 0. The molecule has 4 unspecified atom stereocenters. The molecule has 0 aromatic heterocycles. The number of benzene rings is 1. The number of anilines is 1. The molecule has 21 heavy (non-hydrogen) atoms. The minimum atomic E-state index is -0.791. The Bertz CT molecular complexity index is 599. The lowest BCUT2D eigenvalue weighted by Gasteiger charge is -2.28. The van der Waals surface area contributed by atoms with Gasteiger partial charge in [0.2, 0.25) is 0 Å². The molecule has 1 amide bonds. The largest absolute Gasteiger partial charge is 0.481 e. The maximum absolute atomic E-state index is 12.4. The Balaban J connectivity index is 1.77.